The summed E-state index contributed by atoms with van der Waals surface area (Å²) in [4.78, 5) is 4.47. The topological polar surface area (TPSA) is 33.6 Å². The number of methoxy groups -OCH3 is 1. The number of aliphatic imine (C=N–C) groups is 1. The average Bonchev–Trinajstić information content (AvgIpc) is 2.31. The number of benzene rings is 1. The van der Waals surface area contributed by atoms with E-state index in [1.54, 1.807) is 7.11 Å². The van der Waals surface area contributed by atoms with Gasteiger partial charge in [-0.2, -0.15) is 0 Å². The van der Waals surface area contributed by atoms with Crippen molar-refractivity contribution in [2.24, 2.45) is 4.99 Å². The van der Waals surface area contributed by atoms with Crippen LogP contribution in [-0.4, -0.2) is 26.0 Å². The maximum absolute atomic E-state index is 5.11. The van der Waals surface area contributed by atoms with Crippen LogP contribution >= 0.6 is 0 Å². The van der Waals surface area contributed by atoms with Gasteiger partial charge < -0.3 is 10.1 Å². The molecule has 1 aromatic carbocycles. The Balaban J connectivity index is 2.20. The Hall–Kier alpha value is -1.35. The standard InChI is InChI=1S/C12H16N2O/c1-15-9-10-4-2-5-11(8-10)12-13-6-3-7-14-12/h2,4-5,8H,3,6-7,9H2,1H3,(H,13,14). The Morgan fingerprint density at radius 1 is 1.47 bits per heavy atom. The molecular formula is C12H16N2O. The fourth-order valence-electron chi connectivity index (χ4n) is 1.70. The molecule has 0 aliphatic carbocycles. The minimum absolute atomic E-state index is 0.654. The quantitative estimate of drug-likeness (QED) is 0.811. The average molecular weight is 204 g/mol. The maximum atomic E-state index is 5.11. The lowest BCUT2D eigenvalue weighted by Gasteiger charge is -2.15. The molecule has 1 aliphatic heterocycles. The largest absolute Gasteiger partial charge is 0.380 e. The van der Waals surface area contributed by atoms with Gasteiger partial charge in [-0.1, -0.05) is 18.2 Å². The number of hydrogen-bond acceptors (Lipinski definition) is 3. The SMILES string of the molecule is COCc1cccc(C2=NCCCN2)c1. The van der Waals surface area contributed by atoms with Crippen LogP contribution in [0.5, 0.6) is 0 Å². The number of nitrogens with zero attached hydrogens (tertiary/aromatic N) is 1. The lowest BCUT2D eigenvalue weighted by Crippen LogP contribution is -2.30. The summed E-state index contributed by atoms with van der Waals surface area (Å²) in [5.41, 5.74) is 2.34. The molecule has 2 rings (SSSR count). The first-order valence-corrected chi connectivity index (χ1v) is 5.27. The van der Waals surface area contributed by atoms with Gasteiger partial charge in [-0.3, -0.25) is 4.99 Å². The Bertz CT molecular complexity index is 360. The fraction of sp³-hybridized carbons (Fsp3) is 0.417. The summed E-state index contributed by atoms with van der Waals surface area (Å²) in [7, 11) is 1.71. The molecule has 0 unspecified atom stereocenters. The minimum atomic E-state index is 0.654. The first-order valence-electron chi connectivity index (χ1n) is 5.27. The van der Waals surface area contributed by atoms with E-state index in [0.29, 0.717) is 6.61 Å². The van der Waals surface area contributed by atoms with E-state index in [-0.39, 0.29) is 0 Å². The molecule has 80 valence electrons. The highest BCUT2D eigenvalue weighted by molar-refractivity contribution is 5.99. The van der Waals surface area contributed by atoms with Gasteiger partial charge in [-0.25, -0.2) is 0 Å². The monoisotopic (exact) mass is 204 g/mol. The summed E-state index contributed by atoms with van der Waals surface area (Å²) in [5, 5.41) is 3.31. The zero-order chi connectivity index (χ0) is 10.5. The van der Waals surface area contributed by atoms with E-state index in [1.807, 2.05) is 6.07 Å². The molecular weight excluding hydrogens is 188 g/mol. The van der Waals surface area contributed by atoms with E-state index in [0.717, 1.165) is 30.9 Å². The van der Waals surface area contributed by atoms with Crippen LogP contribution in [0.25, 0.3) is 0 Å². The smallest absolute Gasteiger partial charge is 0.128 e. The van der Waals surface area contributed by atoms with Crippen molar-refractivity contribution in [3.05, 3.63) is 35.4 Å². The molecule has 1 N–H and O–H groups in total. The summed E-state index contributed by atoms with van der Waals surface area (Å²) < 4.78 is 5.11. The molecule has 1 aliphatic rings. The second-order valence-electron chi connectivity index (χ2n) is 3.64. The normalized spacial score (nSPS) is 15.7. The van der Waals surface area contributed by atoms with Crippen LogP contribution in [0.15, 0.2) is 29.3 Å². The van der Waals surface area contributed by atoms with Gasteiger partial charge in [0.2, 0.25) is 0 Å². The highest BCUT2D eigenvalue weighted by Gasteiger charge is 2.06. The van der Waals surface area contributed by atoms with Gasteiger partial charge >= 0.3 is 0 Å². The molecule has 3 heteroatoms. The first-order chi connectivity index (χ1) is 7.40. The van der Waals surface area contributed by atoms with Crippen molar-refractivity contribution < 1.29 is 4.74 Å². The minimum Gasteiger partial charge on any atom is -0.380 e. The van der Waals surface area contributed by atoms with E-state index in [9.17, 15) is 0 Å². The highest BCUT2D eigenvalue weighted by atomic mass is 16.5. The summed E-state index contributed by atoms with van der Waals surface area (Å²) in [5.74, 6) is 1.01. The van der Waals surface area contributed by atoms with E-state index < -0.39 is 0 Å². The molecule has 1 heterocycles. The third-order valence-corrected chi connectivity index (χ3v) is 2.41. The van der Waals surface area contributed by atoms with Crippen molar-refractivity contribution in [3.63, 3.8) is 0 Å². The van der Waals surface area contributed by atoms with E-state index >= 15 is 0 Å². The molecule has 0 spiro atoms. The lowest BCUT2D eigenvalue weighted by atomic mass is 10.1. The molecule has 1 aromatic rings. The first kappa shape index (κ1) is 10.2. The summed E-state index contributed by atoms with van der Waals surface area (Å²) in [6, 6.07) is 8.32. The van der Waals surface area contributed by atoms with Crippen molar-refractivity contribution in [2.75, 3.05) is 20.2 Å². The van der Waals surface area contributed by atoms with Crippen LogP contribution in [0.1, 0.15) is 17.5 Å². The number of nitrogens with one attached hydrogen (secondary N) is 1. The molecule has 0 bridgehead atoms. The van der Waals surface area contributed by atoms with Gasteiger partial charge in [0.1, 0.15) is 5.84 Å². The molecule has 15 heavy (non-hydrogen) atoms. The van der Waals surface area contributed by atoms with Crippen molar-refractivity contribution in [2.45, 2.75) is 13.0 Å². The highest BCUT2D eigenvalue weighted by Crippen LogP contribution is 2.08. The van der Waals surface area contributed by atoms with Gasteiger partial charge in [-0.15, -0.1) is 0 Å². The number of rotatable bonds is 3. The molecule has 0 radical (unpaired) electrons. The van der Waals surface area contributed by atoms with Crippen LogP contribution in [0, 0.1) is 0 Å². The fourth-order valence-corrected chi connectivity index (χ4v) is 1.70. The molecule has 0 fully saturated rings. The summed E-state index contributed by atoms with van der Waals surface area (Å²) in [6.07, 6.45) is 1.13. The number of hydrogen-bond donors (Lipinski definition) is 1. The van der Waals surface area contributed by atoms with E-state index in [4.69, 9.17) is 4.74 Å². The van der Waals surface area contributed by atoms with Crippen molar-refractivity contribution in [1.82, 2.24) is 5.32 Å². The molecule has 3 nitrogen and oxygen atoms in total. The predicted octanol–water partition coefficient (Wildman–Crippen LogP) is 1.57. The van der Waals surface area contributed by atoms with Crippen molar-refractivity contribution in [1.29, 1.82) is 0 Å². The van der Waals surface area contributed by atoms with E-state index in [1.165, 1.54) is 5.56 Å². The zero-order valence-electron chi connectivity index (χ0n) is 8.99. The Kier molecular flexibility index (Phi) is 3.35. The van der Waals surface area contributed by atoms with Gasteiger partial charge in [-0.05, 0) is 18.1 Å². The third kappa shape index (κ3) is 2.57. The molecule has 0 saturated heterocycles. The van der Waals surface area contributed by atoms with Gasteiger partial charge in [0, 0.05) is 25.8 Å². The van der Waals surface area contributed by atoms with Gasteiger partial charge in [0.15, 0.2) is 0 Å². The Morgan fingerprint density at radius 2 is 2.40 bits per heavy atom. The Morgan fingerprint density at radius 3 is 3.13 bits per heavy atom. The molecule has 0 amide bonds. The second-order valence-corrected chi connectivity index (χ2v) is 3.64. The number of amidine groups is 1. The van der Waals surface area contributed by atoms with Crippen LogP contribution < -0.4 is 5.32 Å². The predicted molar refractivity (Wildman–Crippen MR) is 61.2 cm³/mol. The maximum Gasteiger partial charge on any atom is 0.128 e. The van der Waals surface area contributed by atoms with Crippen molar-refractivity contribution in [3.8, 4) is 0 Å². The van der Waals surface area contributed by atoms with Crippen LogP contribution in [0.3, 0.4) is 0 Å². The van der Waals surface area contributed by atoms with Crippen molar-refractivity contribution >= 4 is 5.84 Å². The lowest BCUT2D eigenvalue weighted by molar-refractivity contribution is 0.185. The Labute approximate surface area is 90.2 Å². The van der Waals surface area contributed by atoms with Crippen LogP contribution in [0.4, 0.5) is 0 Å². The number of ether oxygens (including phenoxy) is 1. The second kappa shape index (κ2) is 4.94. The summed E-state index contributed by atoms with van der Waals surface area (Å²) >= 11 is 0. The zero-order valence-corrected chi connectivity index (χ0v) is 8.99. The van der Waals surface area contributed by atoms with Gasteiger partial charge in [0.05, 0.1) is 6.61 Å². The summed E-state index contributed by atoms with van der Waals surface area (Å²) in [6.45, 7) is 2.60. The molecule has 0 aromatic heterocycles. The van der Waals surface area contributed by atoms with Gasteiger partial charge in [0.25, 0.3) is 0 Å². The molecule has 0 saturated carbocycles. The van der Waals surface area contributed by atoms with Crippen LogP contribution in [0.2, 0.25) is 0 Å². The van der Waals surface area contributed by atoms with E-state index in [2.05, 4.69) is 28.5 Å². The third-order valence-electron chi connectivity index (χ3n) is 2.41. The molecule has 0 atom stereocenters. The van der Waals surface area contributed by atoms with Crippen LogP contribution in [-0.2, 0) is 11.3 Å².